The van der Waals surface area contributed by atoms with E-state index in [2.05, 4.69) is 39.0 Å². The Morgan fingerprint density at radius 2 is 0.982 bits per heavy atom. The van der Waals surface area contributed by atoms with Crippen LogP contribution in [0.2, 0.25) is 0 Å². The van der Waals surface area contributed by atoms with Crippen LogP contribution in [0.1, 0.15) is 51.4 Å². The van der Waals surface area contributed by atoms with Gasteiger partial charge in [0.25, 0.3) is 0 Å². The molecule has 0 heterocycles. The summed E-state index contributed by atoms with van der Waals surface area (Å²) >= 11 is 0. The molecule has 0 radical (unpaired) electrons. The standard InChI is InChI=1S/C37H59N4O13P/c1-5-17-48-23-26-51-20-14-38-33(42)8-11-37(41-36(45)31-29-32(30-31)54-55(4,46)47,12-9-34(43)39-15-21-52-27-24-49-18-6-2)13-10-35(44)40-16-22-53-28-25-50-19-7-3/h1-3,31-32H,8-30H2,4H3,(H,38,42)(H,39,43)(H,40,44)(H,41,45)(H,46,47). The topological polar surface area (TPSA) is 218 Å². The van der Waals surface area contributed by atoms with Crippen LogP contribution in [0, 0.1) is 42.9 Å². The van der Waals surface area contributed by atoms with Crippen LogP contribution in [0.4, 0.5) is 0 Å². The molecule has 1 unspecified atom stereocenters. The summed E-state index contributed by atoms with van der Waals surface area (Å²) in [7, 11) is -3.74. The average molecular weight is 799 g/mol. The number of carbonyl (C=O) groups excluding carboxylic acids is 4. The molecule has 0 spiro atoms. The van der Waals surface area contributed by atoms with Gasteiger partial charge in [-0.05, 0) is 32.1 Å². The van der Waals surface area contributed by atoms with Gasteiger partial charge in [0.15, 0.2) is 0 Å². The zero-order valence-corrected chi connectivity index (χ0v) is 32.8. The summed E-state index contributed by atoms with van der Waals surface area (Å²) in [6.45, 7) is 4.86. The Hall–Kier alpha value is -3.53. The lowest BCUT2D eigenvalue weighted by molar-refractivity contribution is -0.134. The van der Waals surface area contributed by atoms with Gasteiger partial charge in [-0.2, -0.15) is 0 Å². The van der Waals surface area contributed by atoms with E-state index >= 15 is 0 Å². The SMILES string of the molecule is C#CCOCCOCCNC(=O)CCC(CCC(=O)NCCOCCOCC#C)(CCC(=O)NCCOCCOCC#C)NC(=O)C1CC(OP(C)(=O)O)C1. The van der Waals surface area contributed by atoms with Gasteiger partial charge in [0.2, 0.25) is 23.6 Å². The van der Waals surface area contributed by atoms with Gasteiger partial charge in [0.1, 0.15) is 19.8 Å². The summed E-state index contributed by atoms with van der Waals surface area (Å²) < 4.78 is 48.6. The highest BCUT2D eigenvalue weighted by atomic mass is 31.2. The maximum atomic E-state index is 13.6. The Balaban J connectivity index is 2.94. The van der Waals surface area contributed by atoms with Crippen molar-refractivity contribution < 1.29 is 61.6 Å². The molecule has 0 aliphatic heterocycles. The molecule has 5 N–H and O–H groups in total. The number of hydrogen-bond acceptors (Lipinski definition) is 12. The van der Waals surface area contributed by atoms with Gasteiger partial charge in [-0.1, -0.05) is 17.8 Å². The van der Waals surface area contributed by atoms with Crippen LogP contribution in [0.25, 0.3) is 0 Å². The molecule has 4 amide bonds. The van der Waals surface area contributed by atoms with Crippen LogP contribution in [-0.2, 0) is 56.7 Å². The minimum absolute atomic E-state index is 0.0279. The maximum Gasteiger partial charge on any atom is 0.325 e. The van der Waals surface area contributed by atoms with Crippen molar-refractivity contribution in [2.75, 3.05) is 106 Å². The number of amides is 4. The summed E-state index contributed by atoms with van der Waals surface area (Å²) in [5, 5.41) is 11.4. The highest BCUT2D eigenvalue weighted by molar-refractivity contribution is 7.51. The van der Waals surface area contributed by atoms with Gasteiger partial charge >= 0.3 is 7.60 Å². The van der Waals surface area contributed by atoms with Crippen molar-refractivity contribution in [2.24, 2.45) is 5.92 Å². The molecule has 55 heavy (non-hydrogen) atoms. The van der Waals surface area contributed by atoms with E-state index in [4.69, 9.17) is 52.2 Å². The van der Waals surface area contributed by atoms with Crippen LogP contribution in [-0.4, -0.2) is 146 Å². The summed E-state index contributed by atoms with van der Waals surface area (Å²) in [6, 6.07) is 0. The fourth-order valence-corrected chi connectivity index (χ4v) is 5.96. The van der Waals surface area contributed by atoms with E-state index < -0.39 is 25.2 Å². The van der Waals surface area contributed by atoms with Crippen LogP contribution in [0.15, 0.2) is 0 Å². The largest absolute Gasteiger partial charge is 0.377 e. The summed E-state index contributed by atoms with van der Waals surface area (Å²) in [4.78, 5) is 62.1. The van der Waals surface area contributed by atoms with Crippen molar-refractivity contribution >= 4 is 31.2 Å². The number of nitrogens with one attached hydrogen (secondary N) is 4. The van der Waals surface area contributed by atoms with Gasteiger partial charge in [0, 0.05) is 57.0 Å². The van der Waals surface area contributed by atoms with Crippen molar-refractivity contribution in [1.82, 2.24) is 21.3 Å². The Bertz CT molecular complexity index is 1190. The zero-order valence-electron chi connectivity index (χ0n) is 31.9. The van der Waals surface area contributed by atoms with Crippen molar-refractivity contribution in [2.45, 2.75) is 63.0 Å². The first-order valence-corrected chi connectivity index (χ1v) is 20.3. The van der Waals surface area contributed by atoms with Crippen LogP contribution < -0.4 is 21.3 Å². The predicted octanol–water partition coefficient (Wildman–Crippen LogP) is 0.140. The van der Waals surface area contributed by atoms with Crippen LogP contribution in [0.3, 0.4) is 0 Å². The molecule has 310 valence electrons. The molecule has 1 saturated carbocycles. The van der Waals surface area contributed by atoms with Crippen molar-refractivity contribution in [3.8, 4) is 37.0 Å². The lowest BCUT2D eigenvalue weighted by atomic mass is 9.78. The summed E-state index contributed by atoms with van der Waals surface area (Å²) in [6.07, 6.45) is 15.6. The minimum atomic E-state index is -3.74. The minimum Gasteiger partial charge on any atom is -0.377 e. The van der Waals surface area contributed by atoms with Crippen molar-refractivity contribution in [3.63, 3.8) is 0 Å². The fraction of sp³-hybridized carbons (Fsp3) is 0.730. The number of terminal acetylenes is 3. The number of carbonyl (C=O) groups is 4. The van der Waals surface area contributed by atoms with E-state index in [1.807, 2.05) is 0 Å². The second-order valence-electron chi connectivity index (χ2n) is 12.6. The summed E-state index contributed by atoms with van der Waals surface area (Å²) in [5.41, 5.74) is -1.15. The molecule has 1 rings (SSSR count). The van der Waals surface area contributed by atoms with Crippen molar-refractivity contribution in [3.05, 3.63) is 0 Å². The molecule has 1 aliphatic rings. The molecule has 0 aromatic carbocycles. The molecule has 0 aromatic heterocycles. The third kappa shape index (κ3) is 26.8. The first-order chi connectivity index (χ1) is 26.4. The molecule has 1 aliphatic carbocycles. The Labute approximate surface area is 325 Å². The molecule has 1 fully saturated rings. The molecule has 1 atom stereocenters. The fourth-order valence-electron chi connectivity index (χ4n) is 5.23. The van der Waals surface area contributed by atoms with Crippen LogP contribution >= 0.6 is 7.60 Å². The Morgan fingerprint density at radius 3 is 1.31 bits per heavy atom. The number of rotatable bonds is 34. The maximum absolute atomic E-state index is 13.6. The molecule has 0 bridgehead atoms. The molecule has 0 saturated heterocycles. The van der Waals surface area contributed by atoms with E-state index in [-0.39, 0.29) is 134 Å². The Kier molecular flexibility index (Phi) is 27.6. The predicted molar refractivity (Wildman–Crippen MR) is 202 cm³/mol. The highest BCUT2D eigenvalue weighted by Crippen LogP contribution is 2.45. The second kappa shape index (κ2) is 30.7. The van der Waals surface area contributed by atoms with E-state index in [0.717, 1.165) is 6.66 Å². The lowest BCUT2D eigenvalue weighted by Crippen LogP contribution is -2.54. The van der Waals surface area contributed by atoms with Crippen LogP contribution in [0.5, 0.6) is 0 Å². The van der Waals surface area contributed by atoms with Gasteiger partial charge in [-0.15, -0.1) is 19.3 Å². The Morgan fingerprint density at radius 1 is 0.636 bits per heavy atom. The second-order valence-corrected chi connectivity index (χ2v) is 14.4. The summed E-state index contributed by atoms with van der Waals surface area (Å²) in [5.74, 6) is 5.23. The molecule has 18 heteroatoms. The third-order valence-corrected chi connectivity index (χ3v) is 8.76. The average Bonchev–Trinajstić information content (AvgIpc) is 3.13. The highest BCUT2D eigenvalue weighted by Gasteiger charge is 2.41. The van der Waals surface area contributed by atoms with E-state index in [9.17, 15) is 28.6 Å². The van der Waals surface area contributed by atoms with Gasteiger partial charge in [-0.3, -0.25) is 23.7 Å². The molecule has 17 nitrogen and oxygen atoms in total. The van der Waals surface area contributed by atoms with Gasteiger partial charge in [-0.25, -0.2) is 0 Å². The van der Waals surface area contributed by atoms with E-state index in [1.54, 1.807) is 0 Å². The zero-order chi connectivity index (χ0) is 40.6. The lowest BCUT2D eigenvalue weighted by Gasteiger charge is -2.40. The quantitative estimate of drug-likeness (QED) is 0.0333. The smallest absolute Gasteiger partial charge is 0.325 e. The van der Waals surface area contributed by atoms with Crippen molar-refractivity contribution in [1.29, 1.82) is 0 Å². The monoisotopic (exact) mass is 798 g/mol. The van der Waals surface area contributed by atoms with E-state index in [0.29, 0.717) is 39.6 Å². The normalized spacial score (nSPS) is 16.0. The van der Waals surface area contributed by atoms with Gasteiger partial charge in [0.05, 0.1) is 65.6 Å². The number of hydrogen-bond donors (Lipinski definition) is 5. The molecular weight excluding hydrogens is 739 g/mol. The third-order valence-electron chi connectivity index (χ3n) is 8.07. The molecular formula is C37H59N4O13P. The van der Waals surface area contributed by atoms with Gasteiger partial charge < -0.3 is 59.1 Å². The first-order valence-electron chi connectivity index (χ1n) is 18.3. The molecule has 0 aromatic rings. The number of ether oxygens (including phenoxy) is 6. The van der Waals surface area contributed by atoms with E-state index in [1.165, 1.54) is 0 Å². The first kappa shape index (κ1) is 49.5.